The van der Waals surface area contributed by atoms with Gasteiger partial charge in [0.25, 0.3) is 12.4 Å². The Labute approximate surface area is 181 Å². The second kappa shape index (κ2) is 11.4. The zero-order valence-corrected chi connectivity index (χ0v) is 17.4. The van der Waals surface area contributed by atoms with Crippen molar-refractivity contribution in [3.8, 4) is 0 Å². The topological polar surface area (TPSA) is 98.7 Å². The van der Waals surface area contributed by atoms with E-state index < -0.39 is 0 Å². The van der Waals surface area contributed by atoms with E-state index in [0.717, 1.165) is 51.9 Å². The molecule has 2 fully saturated rings. The minimum Gasteiger partial charge on any atom is -0.483 e. The van der Waals surface area contributed by atoms with Crippen molar-refractivity contribution in [2.45, 2.75) is 31.7 Å². The molecule has 2 aliphatic rings. The van der Waals surface area contributed by atoms with Gasteiger partial charge in [-0.25, -0.2) is 9.37 Å². The lowest BCUT2D eigenvalue weighted by Crippen LogP contribution is -2.32. The minimum atomic E-state index is -0.250. The molecule has 1 aromatic heterocycles. The first-order valence-electron chi connectivity index (χ1n) is 10.6. The van der Waals surface area contributed by atoms with Crippen LogP contribution in [0.2, 0.25) is 0 Å². The van der Waals surface area contributed by atoms with Gasteiger partial charge in [-0.3, -0.25) is 19.5 Å². The van der Waals surface area contributed by atoms with Gasteiger partial charge >= 0.3 is 0 Å². The normalized spacial score (nSPS) is 17.0. The highest BCUT2D eigenvalue weighted by atomic mass is 19.1. The molecule has 2 N–H and O–H groups in total. The number of amides is 1. The molecule has 31 heavy (non-hydrogen) atoms. The van der Waals surface area contributed by atoms with Crippen LogP contribution in [0.1, 0.15) is 47.8 Å². The number of carboxylic acid groups (broad SMARTS) is 1. The number of aromatic nitrogens is 2. The molecule has 0 bridgehead atoms. The third-order valence-corrected chi connectivity index (χ3v) is 5.57. The SMILES string of the molecule is O=C(c1cncc(NCC(c2ccccc2F)N2CCCC2)n1)N1CCCC1.O=CO. The highest BCUT2D eigenvalue weighted by Gasteiger charge is 2.26. The number of anilines is 1. The Kier molecular flexibility index (Phi) is 8.28. The van der Waals surface area contributed by atoms with Crippen molar-refractivity contribution in [2.75, 3.05) is 38.0 Å². The van der Waals surface area contributed by atoms with E-state index in [4.69, 9.17) is 9.90 Å². The van der Waals surface area contributed by atoms with Crippen LogP contribution in [0, 0.1) is 5.82 Å². The average Bonchev–Trinajstić information content (AvgIpc) is 3.50. The van der Waals surface area contributed by atoms with Gasteiger partial charge in [0.2, 0.25) is 0 Å². The monoisotopic (exact) mass is 429 g/mol. The van der Waals surface area contributed by atoms with E-state index in [1.54, 1.807) is 12.3 Å². The number of hydrogen-bond acceptors (Lipinski definition) is 6. The number of carbonyl (C=O) groups excluding carboxylic acids is 1. The highest BCUT2D eigenvalue weighted by molar-refractivity contribution is 5.92. The number of likely N-dealkylation sites (tertiary alicyclic amines) is 2. The second-order valence-corrected chi connectivity index (χ2v) is 7.56. The molecule has 3 heterocycles. The Morgan fingerprint density at radius 3 is 2.45 bits per heavy atom. The van der Waals surface area contributed by atoms with E-state index in [-0.39, 0.29) is 24.2 Å². The van der Waals surface area contributed by atoms with Crippen molar-refractivity contribution in [2.24, 2.45) is 0 Å². The van der Waals surface area contributed by atoms with Crippen LogP contribution in [-0.4, -0.2) is 70.0 Å². The number of nitrogens with one attached hydrogen (secondary N) is 1. The maximum atomic E-state index is 14.4. The van der Waals surface area contributed by atoms with E-state index in [1.807, 2.05) is 17.0 Å². The van der Waals surface area contributed by atoms with Gasteiger partial charge < -0.3 is 15.3 Å². The van der Waals surface area contributed by atoms with Gasteiger partial charge in [-0.05, 0) is 44.8 Å². The minimum absolute atomic E-state index is 0.0705. The summed E-state index contributed by atoms with van der Waals surface area (Å²) in [7, 11) is 0. The summed E-state index contributed by atoms with van der Waals surface area (Å²) in [5.74, 6) is 0.287. The molecule has 1 aromatic carbocycles. The maximum absolute atomic E-state index is 14.4. The summed E-state index contributed by atoms with van der Waals surface area (Å²) in [6, 6.07) is 6.86. The molecule has 0 spiro atoms. The predicted molar refractivity (Wildman–Crippen MR) is 114 cm³/mol. The Morgan fingerprint density at radius 2 is 1.77 bits per heavy atom. The fourth-order valence-electron chi connectivity index (χ4n) is 4.07. The van der Waals surface area contributed by atoms with Gasteiger partial charge in [-0.15, -0.1) is 0 Å². The Bertz CT molecular complexity index is 870. The first kappa shape index (κ1) is 22.6. The average molecular weight is 429 g/mol. The van der Waals surface area contributed by atoms with Crippen molar-refractivity contribution in [1.82, 2.24) is 19.8 Å². The predicted octanol–water partition coefficient (Wildman–Crippen LogP) is 2.80. The summed E-state index contributed by atoms with van der Waals surface area (Å²) >= 11 is 0. The zero-order valence-electron chi connectivity index (χ0n) is 17.4. The molecule has 0 radical (unpaired) electrons. The Hall–Kier alpha value is -3.07. The summed E-state index contributed by atoms with van der Waals surface area (Å²) in [6.07, 6.45) is 7.47. The Morgan fingerprint density at radius 1 is 1.13 bits per heavy atom. The van der Waals surface area contributed by atoms with Gasteiger partial charge in [-0.2, -0.15) is 0 Å². The van der Waals surface area contributed by atoms with E-state index in [9.17, 15) is 9.18 Å². The first-order valence-corrected chi connectivity index (χ1v) is 10.6. The van der Waals surface area contributed by atoms with Crippen LogP contribution in [-0.2, 0) is 4.79 Å². The van der Waals surface area contributed by atoms with Gasteiger partial charge in [0.05, 0.1) is 18.4 Å². The molecule has 0 saturated carbocycles. The summed E-state index contributed by atoms with van der Waals surface area (Å²) < 4.78 is 14.4. The number of nitrogens with zero attached hydrogens (tertiary/aromatic N) is 4. The smallest absolute Gasteiger partial charge is 0.290 e. The second-order valence-electron chi connectivity index (χ2n) is 7.56. The molecule has 166 valence electrons. The molecule has 1 amide bonds. The maximum Gasteiger partial charge on any atom is 0.290 e. The van der Waals surface area contributed by atoms with Crippen molar-refractivity contribution >= 4 is 18.2 Å². The van der Waals surface area contributed by atoms with Crippen molar-refractivity contribution in [1.29, 1.82) is 0 Å². The Balaban J connectivity index is 0.000000858. The molecular formula is C22H28FN5O3. The molecule has 4 rings (SSSR count). The molecule has 1 unspecified atom stereocenters. The van der Waals surface area contributed by atoms with Crippen molar-refractivity contribution < 1.29 is 19.1 Å². The van der Waals surface area contributed by atoms with Gasteiger partial charge in [0, 0.05) is 25.2 Å². The van der Waals surface area contributed by atoms with Crippen molar-refractivity contribution in [3.05, 3.63) is 53.7 Å². The molecule has 8 nitrogen and oxygen atoms in total. The quantitative estimate of drug-likeness (QED) is 0.681. The largest absolute Gasteiger partial charge is 0.483 e. The molecule has 2 saturated heterocycles. The number of hydrogen-bond donors (Lipinski definition) is 2. The van der Waals surface area contributed by atoms with Crippen LogP contribution in [0.4, 0.5) is 10.2 Å². The summed E-state index contributed by atoms with van der Waals surface area (Å²) in [5, 5.41) is 10.2. The molecule has 0 aliphatic carbocycles. The molecule has 2 aromatic rings. The van der Waals surface area contributed by atoms with Gasteiger partial charge in [0.15, 0.2) is 0 Å². The van der Waals surface area contributed by atoms with Crippen LogP contribution in [0.15, 0.2) is 36.7 Å². The van der Waals surface area contributed by atoms with Gasteiger partial charge in [0.1, 0.15) is 17.3 Å². The van der Waals surface area contributed by atoms with Crippen LogP contribution in [0.5, 0.6) is 0 Å². The van der Waals surface area contributed by atoms with Crippen LogP contribution in [0.3, 0.4) is 0 Å². The van der Waals surface area contributed by atoms with Crippen LogP contribution in [0.25, 0.3) is 0 Å². The number of carbonyl (C=O) groups is 2. The fraction of sp³-hybridized carbons (Fsp3) is 0.455. The zero-order chi connectivity index (χ0) is 22.1. The molecule has 9 heteroatoms. The van der Waals surface area contributed by atoms with Crippen LogP contribution < -0.4 is 5.32 Å². The molecule has 1 atom stereocenters. The van der Waals surface area contributed by atoms with Crippen LogP contribution >= 0.6 is 0 Å². The summed E-state index contributed by atoms with van der Waals surface area (Å²) in [4.78, 5) is 33.7. The van der Waals surface area contributed by atoms with Gasteiger partial charge in [-0.1, -0.05) is 18.2 Å². The standard InChI is InChI=1S/C21H26FN5O.CH2O2/c22-17-8-2-1-7-16(17)19(26-9-3-4-10-26)14-24-20-15-23-13-18(25-20)21(28)27-11-5-6-12-27;2-1-3/h1-2,7-8,13,15,19H,3-6,9-12,14H2,(H,24,25);1H,(H,2,3). The summed E-state index contributed by atoms with van der Waals surface area (Å²) in [5.41, 5.74) is 1.05. The number of rotatable bonds is 6. The number of benzene rings is 1. The van der Waals surface area contributed by atoms with E-state index in [1.165, 1.54) is 12.3 Å². The van der Waals surface area contributed by atoms with E-state index in [0.29, 0.717) is 23.6 Å². The highest BCUT2D eigenvalue weighted by Crippen LogP contribution is 2.27. The lowest BCUT2D eigenvalue weighted by atomic mass is 10.0. The first-order chi connectivity index (χ1) is 15.1. The van der Waals surface area contributed by atoms with Crippen molar-refractivity contribution in [3.63, 3.8) is 0 Å². The van der Waals surface area contributed by atoms with E-state index in [2.05, 4.69) is 20.2 Å². The van der Waals surface area contributed by atoms with E-state index >= 15 is 0 Å². The molecule has 2 aliphatic heterocycles. The third kappa shape index (κ3) is 5.97. The molecular weight excluding hydrogens is 401 g/mol. The lowest BCUT2D eigenvalue weighted by molar-refractivity contribution is -0.122. The fourth-order valence-corrected chi connectivity index (χ4v) is 4.07. The lowest BCUT2D eigenvalue weighted by Gasteiger charge is -2.28. The number of halogens is 1. The summed E-state index contributed by atoms with van der Waals surface area (Å²) in [6.45, 7) is 3.74. The third-order valence-electron chi connectivity index (χ3n) is 5.57.